The number of hydrogen-bond donors (Lipinski definition) is 0. The van der Waals surface area contributed by atoms with Crippen molar-refractivity contribution in [2.45, 2.75) is 45.8 Å². The second kappa shape index (κ2) is 9.11. The Kier molecular flexibility index (Phi) is 7.73. The highest BCUT2D eigenvalue weighted by Gasteiger charge is 2.55. The van der Waals surface area contributed by atoms with Crippen molar-refractivity contribution in [2.24, 2.45) is 5.92 Å². The van der Waals surface area contributed by atoms with Crippen LogP contribution in [0.5, 0.6) is 17.2 Å². The van der Waals surface area contributed by atoms with Crippen LogP contribution in [0.15, 0.2) is 12.1 Å². The lowest BCUT2D eigenvalue weighted by Crippen LogP contribution is -2.55. The molecule has 26 heavy (non-hydrogen) atoms. The number of rotatable bonds is 10. The van der Waals surface area contributed by atoms with E-state index < -0.39 is 11.2 Å². The quantitative estimate of drug-likeness (QED) is 0.585. The van der Waals surface area contributed by atoms with E-state index in [0.29, 0.717) is 36.0 Å². The van der Waals surface area contributed by atoms with Gasteiger partial charge in [0.15, 0.2) is 17.3 Å². The van der Waals surface area contributed by atoms with E-state index in [1.165, 1.54) is 0 Å². The first-order valence-electron chi connectivity index (χ1n) is 8.81. The van der Waals surface area contributed by atoms with E-state index >= 15 is 0 Å². The van der Waals surface area contributed by atoms with Crippen LogP contribution in [-0.4, -0.2) is 40.3 Å². The standard InChI is InChI=1S/C20H31NO5/c1-9-25-19(5,26-10-2)20(13-21,14(3)4)15-11-16(22-6)18(24-8)17(12-15)23-7/h11-12,14H,9-10H2,1-8H3. The highest BCUT2D eigenvalue weighted by atomic mass is 16.7. The zero-order chi connectivity index (χ0) is 20.0. The molecule has 1 aromatic carbocycles. The van der Waals surface area contributed by atoms with Gasteiger partial charge < -0.3 is 23.7 Å². The van der Waals surface area contributed by atoms with Crippen LogP contribution in [0, 0.1) is 17.2 Å². The molecule has 6 heteroatoms. The predicted molar refractivity (Wildman–Crippen MR) is 99.9 cm³/mol. The Morgan fingerprint density at radius 3 is 1.69 bits per heavy atom. The van der Waals surface area contributed by atoms with Crippen LogP contribution in [0.25, 0.3) is 0 Å². The minimum Gasteiger partial charge on any atom is -0.493 e. The van der Waals surface area contributed by atoms with Gasteiger partial charge in [0.1, 0.15) is 5.41 Å². The highest BCUT2D eigenvalue weighted by Crippen LogP contribution is 2.49. The van der Waals surface area contributed by atoms with Crippen molar-refractivity contribution < 1.29 is 23.7 Å². The van der Waals surface area contributed by atoms with Gasteiger partial charge in [-0.3, -0.25) is 0 Å². The average molecular weight is 365 g/mol. The third-order valence-electron chi connectivity index (χ3n) is 4.72. The molecule has 0 saturated carbocycles. The lowest BCUT2D eigenvalue weighted by molar-refractivity contribution is -0.258. The molecule has 1 atom stereocenters. The van der Waals surface area contributed by atoms with Gasteiger partial charge >= 0.3 is 0 Å². The third-order valence-corrected chi connectivity index (χ3v) is 4.72. The summed E-state index contributed by atoms with van der Waals surface area (Å²) in [5.74, 6) is 0.182. The molecule has 1 aromatic rings. The fourth-order valence-corrected chi connectivity index (χ4v) is 3.54. The number of benzene rings is 1. The first kappa shape index (κ1) is 22.1. The molecule has 0 amide bonds. The Morgan fingerprint density at radius 2 is 1.42 bits per heavy atom. The molecule has 0 bridgehead atoms. The SMILES string of the molecule is CCOC(C)(OCC)C(C#N)(c1cc(OC)c(OC)c(OC)c1)C(C)C. The molecule has 146 valence electrons. The summed E-state index contributed by atoms with van der Waals surface area (Å²) in [6.07, 6.45) is 0. The normalized spacial score (nSPS) is 13.8. The van der Waals surface area contributed by atoms with Crippen molar-refractivity contribution in [3.05, 3.63) is 17.7 Å². The molecule has 0 aliphatic heterocycles. The Morgan fingerprint density at radius 1 is 0.962 bits per heavy atom. The molecule has 0 fully saturated rings. The summed E-state index contributed by atoms with van der Waals surface area (Å²) in [6.45, 7) is 10.4. The molecular formula is C20H31NO5. The first-order chi connectivity index (χ1) is 12.3. The molecule has 0 aliphatic carbocycles. The lowest BCUT2D eigenvalue weighted by Gasteiger charge is -2.46. The van der Waals surface area contributed by atoms with Crippen LogP contribution in [0.3, 0.4) is 0 Å². The molecule has 0 saturated heterocycles. The highest BCUT2D eigenvalue weighted by molar-refractivity contribution is 5.57. The van der Waals surface area contributed by atoms with Crippen molar-refractivity contribution in [3.63, 3.8) is 0 Å². The van der Waals surface area contributed by atoms with Crippen molar-refractivity contribution in [1.29, 1.82) is 5.26 Å². The van der Waals surface area contributed by atoms with E-state index in [4.69, 9.17) is 23.7 Å². The zero-order valence-corrected chi connectivity index (χ0v) is 17.1. The number of nitriles is 1. The summed E-state index contributed by atoms with van der Waals surface area (Å²) in [5, 5.41) is 10.3. The summed E-state index contributed by atoms with van der Waals surface area (Å²) < 4.78 is 28.3. The van der Waals surface area contributed by atoms with Crippen LogP contribution in [0.1, 0.15) is 40.2 Å². The molecule has 0 aromatic heterocycles. The van der Waals surface area contributed by atoms with E-state index in [0.717, 1.165) is 0 Å². The smallest absolute Gasteiger partial charge is 0.203 e. The monoisotopic (exact) mass is 365 g/mol. The predicted octanol–water partition coefficient (Wildman–Crippen LogP) is 3.92. The molecule has 6 nitrogen and oxygen atoms in total. The summed E-state index contributed by atoms with van der Waals surface area (Å²) in [5.41, 5.74) is -0.403. The van der Waals surface area contributed by atoms with E-state index in [1.807, 2.05) is 34.6 Å². The van der Waals surface area contributed by atoms with Crippen LogP contribution in [-0.2, 0) is 14.9 Å². The second-order valence-electron chi connectivity index (χ2n) is 6.30. The number of hydrogen-bond acceptors (Lipinski definition) is 6. The third kappa shape index (κ3) is 3.60. The molecule has 0 N–H and O–H groups in total. The molecule has 1 unspecified atom stereocenters. The Hall–Kier alpha value is -1.97. The minimum atomic E-state index is -1.15. The van der Waals surface area contributed by atoms with Gasteiger partial charge in [-0.25, -0.2) is 0 Å². The fourth-order valence-electron chi connectivity index (χ4n) is 3.54. The van der Waals surface area contributed by atoms with E-state index in [-0.39, 0.29) is 5.92 Å². The van der Waals surface area contributed by atoms with Crippen LogP contribution >= 0.6 is 0 Å². The molecule has 1 rings (SSSR count). The number of nitrogens with zero attached hydrogens (tertiary/aromatic N) is 1. The average Bonchev–Trinajstić information content (AvgIpc) is 2.61. The molecule has 0 radical (unpaired) electrons. The topological polar surface area (TPSA) is 69.9 Å². The first-order valence-corrected chi connectivity index (χ1v) is 8.81. The van der Waals surface area contributed by atoms with Crippen LogP contribution < -0.4 is 14.2 Å². The molecule has 0 spiro atoms. The molecule has 0 aliphatic rings. The molecular weight excluding hydrogens is 334 g/mol. The van der Waals surface area contributed by atoms with Crippen LogP contribution in [0.4, 0.5) is 0 Å². The van der Waals surface area contributed by atoms with Crippen molar-refractivity contribution in [1.82, 2.24) is 0 Å². The summed E-state index contributed by atoms with van der Waals surface area (Å²) >= 11 is 0. The number of methoxy groups -OCH3 is 3. The van der Waals surface area contributed by atoms with E-state index in [1.54, 1.807) is 33.5 Å². The molecule has 0 heterocycles. The van der Waals surface area contributed by atoms with Crippen molar-refractivity contribution in [3.8, 4) is 23.3 Å². The summed E-state index contributed by atoms with van der Waals surface area (Å²) in [7, 11) is 4.65. The van der Waals surface area contributed by atoms with Gasteiger partial charge in [-0.15, -0.1) is 0 Å². The Balaban J connectivity index is 3.83. The Labute approximate surface area is 157 Å². The Bertz CT molecular complexity index is 607. The maximum absolute atomic E-state index is 10.3. The van der Waals surface area contributed by atoms with Gasteiger partial charge in [-0.1, -0.05) is 13.8 Å². The van der Waals surface area contributed by atoms with Gasteiger partial charge in [0.25, 0.3) is 0 Å². The van der Waals surface area contributed by atoms with E-state index in [2.05, 4.69) is 6.07 Å². The van der Waals surface area contributed by atoms with Gasteiger partial charge in [0.2, 0.25) is 5.75 Å². The van der Waals surface area contributed by atoms with Crippen molar-refractivity contribution in [2.75, 3.05) is 34.5 Å². The summed E-state index contributed by atoms with van der Waals surface area (Å²) in [4.78, 5) is 0. The minimum absolute atomic E-state index is 0.113. The summed E-state index contributed by atoms with van der Waals surface area (Å²) in [6, 6.07) is 6.06. The van der Waals surface area contributed by atoms with Gasteiger partial charge in [0, 0.05) is 13.2 Å². The van der Waals surface area contributed by atoms with Gasteiger partial charge in [-0.2, -0.15) is 5.26 Å². The van der Waals surface area contributed by atoms with Gasteiger partial charge in [-0.05, 0) is 44.4 Å². The fraction of sp³-hybridized carbons (Fsp3) is 0.650. The van der Waals surface area contributed by atoms with Crippen molar-refractivity contribution >= 4 is 0 Å². The number of ether oxygens (including phenoxy) is 5. The van der Waals surface area contributed by atoms with Crippen LogP contribution in [0.2, 0.25) is 0 Å². The maximum Gasteiger partial charge on any atom is 0.203 e. The largest absolute Gasteiger partial charge is 0.493 e. The maximum atomic E-state index is 10.3. The lowest BCUT2D eigenvalue weighted by atomic mass is 9.66. The van der Waals surface area contributed by atoms with E-state index in [9.17, 15) is 5.26 Å². The zero-order valence-electron chi connectivity index (χ0n) is 17.1. The van der Waals surface area contributed by atoms with Gasteiger partial charge in [0.05, 0.1) is 27.4 Å². The second-order valence-corrected chi connectivity index (χ2v) is 6.30.